The number of rotatable bonds is 6. The summed E-state index contributed by atoms with van der Waals surface area (Å²) in [6.07, 6.45) is 5.80. The lowest BCUT2D eigenvalue weighted by Gasteiger charge is -2.36. The van der Waals surface area contributed by atoms with Crippen molar-refractivity contribution in [3.8, 4) is 11.4 Å². The monoisotopic (exact) mass is 481 g/mol. The summed E-state index contributed by atoms with van der Waals surface area (Å²) in [5.41, 5.74) is 1.43. The van der Waals surface area contributed by atoms with Gasteiger partial charge in [0.15, 0.2) is 5.82 Å². The van der Waals surface area contributed by atoms with Gasteiger partial charge in [-0.25, -0.2) is 14.5 Å². The van der Waals surface area contributed by atoms with Crippen LogP contribution >= 0.6 is 0 Å². The van der Waals surface area contributed by atoms with Crippen LogP contribution in [0, 0.1) is 0 Å². The molecule has 0 atom stereocenters. The van der Waals surface area contributed by atoms with E-state index in [0.717, 1.165) is 5.69 Å². The first-order valence-corrected chi connectivity index (χ1v) is 11.7. The largest absolute Gasteiger partial charge is 0.444 e. The summed E-state index contributed by atoms with van der Waals surface area (Å²) in [4.78, 5) is 34.1. The highest BCUT2D eigenvalue weighted by Crippen LogP contribution is 2.17. The third kappa shape index (κ3) is 5.86. The van der Waals surface area contributed by atoms with Gasteiger partial charge >= 0.3 is 6.09 Å². The van der Waals surface area contributed by atoms with Gasteiger partial charge in [0.2, 0.25) is 0 Å². The van der Waals surface area contributed by atoms with Crippen LogP contribution in [-0.2, 0) is 11.2 Å². The van der Waals surface area contributed by atoms with Gasteiger partial charge in [-0.1, -0.05) is 5.21 Å². The van der Waals surface area contributed by atoms with Crippen LogP contribution in [0.15, 0.2) is 47.7 Å². The third-order valence-electron chi connectivity index (χ3n) is 5.57. The van der Waals surface area contributed by atoms with Crippen LogP contribution in [0.2, 0.25) is 0 Å². The molecule has 3 aromatic rings. The molecule has 0 unspecified atom stereocenters. The lowest BCUT2D eigenvalue weighted by molar-refractivity contribution is 0.0240. The van der Waals surface area contributed by atoms with Crippen molar-refractivity contribution in [2.75, 3.05) is 37.7 Å². The fourth-order valence-electron chi connectivity index (χ4n) is 3.85. The fraction of sp³-hybridized carbons (Fsp3) is 0.458. The van der Waals surface area contributed by atoms with Gasteiger partial charge in [-0.15, -0.1) is 5.10 Å². The van der Waals surface area contributed by atoms with E-state index in [1.165, 1.54) is 0 Å². The Morgan fingerprint density at radius 1 is 1.09 bits per heavy atom. The van der Waals surface area contributed by atoms with E-state index in [2.05, 4.69) is 15.3 Å². The Labute approximate surface area is 203 Å². The van der Waals surface area contributed by atoms with Crippen molar-refractivity contribution >= 4 is 11.9 Å². The maximum absolute atomic E-state index is 13.5. The summed E-state index contributed by atoms with van der Waals surface area (Å²) in [6.45, 7) is 7.36. The molecule has 1 aliphatic rings. The van der Waals surface area contributed by atoms with E-state index in [4.69, 9.17) is 4.74 Å². The van der Waals surface area contributed by atoms with Crippen LogP contribution in [0.1, 0.15) is 32.9 Å². The van der Waals surface area contributed by atoms with Gasteiger partial charge in [0.25, 0.3) is 5.56 Å². The molecule has 0 radical (unpaired) electrons. The molecule has 3 heterocycles. The minimum Gasteiger partial charge on any atom is -0.444 e. The molecule has 0 saturated carbocycles. The van der Waals surface area contributed by atoms with Gasteiger partial charge in [0.05, 0.1) is 23.8 Å². The number of ether oxygens (including phenoxy) is 1. The van der Waals surface area contributed by atoms with Crippen LogP contribution < -0.4 is 10.5 Å². The highest BCUT2D eigenvalue weighted by molar-refractivity contribution is 5.68. The van der Waals surface area contributed by atoms with Crippen LogP contribution in [0.25, 0.3) is 11.4 Å². The standard InChI is InChI=1S/C24H31N7O4/c1-24(2,3)35-23(34)29-14-12-28(13-15-29)21-22(33)30(17-18(26-21)5-4-16-32)19-6-8-20(9-7-19)31-11-10-25-27-31/h6-11,17,32H,4-5,12-16H2,1-3H3. The maximum atomic E-state index is 13.5. The number of aliphatic hydroxyl groups excluding tert-OH is 1. The molecule has 2 aromatic heterocycles. The van der Waals surface area contributed by atoms with E-state index in [9.17, 15) is 14.7 Å². The number of aliphatic hydroxyl groups is 1. The minimum absolute atomic E-state index is 0.0390. The summed E-state index contributed by atoms with van der Waals surface area (Å²) in [6, 6.07) is 7.42. The topological polar surface area (TPSA) is 119 Å². The molecule has 1 amide bonds. The number of hydrogen-bond donors (Lipinski definition) is 1. The number of amides is 1. The average molecular weight is 482 g/mol. The number of nitrogens with zero attached hydrogens (tertiary/aromatic N) is 7. The molecule has 186 valence electrons. The molecule has 4 rings (SSSR count). The number of carbonyl (C=O) groups is 1. The average Bonchev–Trinajstić information content (AvgIpc) is 3.38. The molecule has 1 fully saturated rings. The van der Waals surface area contributed by atoms with Gasteiger partial charge in [0, 0.05) is 44.7 Å². The Morgan fingerprint density at radius 3 is 2.37 bits per heavy atom. The highest BCUT2D eigenvalue weighted by atomic mass is 16.6. The fourth-order valence-corrected chi connectivity index (χ4v) is 3.85. The lowest BCUT2D eigenvalue weighted by atomic mass is 10.2. The van der Waals surface area contributed by atoms with Crippen molar-refractivity contribution in [1.29, 1.82) is 0 Å². The second kappa shape index (κ2) is 10.3. The Bertz CT molecular complexity index is 1190. The number of piperazine rings is 1. The van der Waals surface area contributed by atoms with Crippen molar-refractivity contribution in [1.82, 2.24) is 29.4 Å². The molecule has 11 nitrogen and oxygen atoms in total. The molecule has 35 heavy (non-hydrogen) atoms. The second-order valence-corrected chi connectivity index (χ2v) is 9.38. The third-order valence-corrected chi connectivity index (χ3v) is 5.57. The quantitative estimate of drug-likeness (QED) is 0.566. The smallest absolute Gasteiger partial charge is 0.410 e. The first-order chi connectivity index (χ1) is 16.7. The molecule has 1 saturated heterocycles. The molecule has 11 heteroatoms. The van der Waals surface area contributed by atoms with Crippen LogP contribution in [-0.4, -0.2) is 79.0 Å². The van der Waals surface area contributed by atoms with E-state index in [-0.39, 0.29) is 18.3 Å². The van der Waals surface area contributed by atoms with Crippen molar-refractivity contribution in [2.24, 2.45) is 0 Å². The van der Waals surface area contributed by atoms with E-state index >= 15 is 0 Å². The van der Waals surface area contributed by atoms with E-state index in [1.54, 1.807) is 32.7 Å². The number of aromatic nitrogens is 5. The highest BCUT2D eigenvalue weighted by Gasteiger charge is 2.28. The lowest BCUT2D eigenvalue weighted by Crippen LogP contribution is -2.51. The second-order valence-electron chi connectivity index (χ2n) is 9.38. The van der Waals surface area contributed by atoms with Crippen LogP contribution in [0.5, 0.6) is 0 Å². The van der Waals surface area contributed by atoms with Gasteiger partial charge in [-0.3, -0.25) is 9.36 Å². The maximum Gasteiger partial charge on any atom is 0.410 e. The number of hydrogen-bond acceptors (Lipinski definition) is 8. The SMILES string of the molecule is CC(C)(C)OC(=O)N1CCN(c2nc(CCCO)cn(-c3ccc(-n4ccnn4)cc3)c2=O)CC1. The number of anilines is 1. The Balaban J connectivity index is 1.59. The predicted molar refractivity (Wildman–Crippen MR) is 130 cm³/mol. The predicted octanol–water partition coefficient (Wildman–Crippen LogP) is 1.80. The van der Waals surface area contributed by atoms with Gasteiger partial charge in [-0.2, -0.15) is 0 Å². The Morgan fingerprint density at radius 2 is 1.77 bits per heavy atom. The molecular weight excluding hydrogens is 450 g/mol. The summed E-state index contributed by atoms with van der Waals surface area (Å²) >= 11 is 0. The first kappa shape index (κ1) is 24.4. The molecule has 1 aliphatic heterocycles. The summed E-state index contributed by atoms with van der Waals surface area (Å²) in [5, 5.41) is 17.1. The Kier molecular flexibility index (Phi) is 7.15. The van der Waals surface area contributed by atoms with Crippen LogP contribution in [0.4, 0.5) is 10.6 Å². The van der Waals surface area contributed by atoms with Crippen molar-refractivity contribution in [3.05, 3.63) is 58.9 Å². The molecule has 0 bridgehead atoms. The van der Waals surface area contributed by atoms with Gasteiger partial charge in [0.1, 0.15) is 5.60 Å². The minimum atomic E-state index is -0.561. The molecular formula is C24H31N7O4. The van der Waals surface area contributed by atoms with E-state index < -0.39 is 5.60 Å². The number of benzene rings is 1. The van der Waals surface area contributed by atoms with Gasteiger partial charge in [-0.05, 0) is 57.9 Å². The molecule has 0 spiro atoms. The van der Waals surface area contributed by atoms with Crippen molar-refractivity contribution in [3.63, 3.8) is 0 Å². The van der Waals surface area contributed by atoms with Crippen molar-refractivity contribution in [2.45, 2.75) is 39.2 Å². The van der Waals surface area contributed by atoms with Gasteiger partial charge < -0.3 is 19.6 Å². The van der Waals surface area contributed by atoms with Crippen molar-refractivity contribution < 1.29 is 14.6 Å². The zero-order chi connectivity index (χ0) is 25.0. The molecule has 1 N–H and O–H groups in total. The molecule has 0 aliphatic carbocycles. The van der Waals surface area contributed by atoms with E-state index in [0.29, 0.717) is 56.2 Å². The van der Waals surface area contributed by atoms with Crippen LogP contribution in [0.3, 0.4) is 0 Å². The Hall–Kier alpha value is -3.73. The zero-order valence-corrected chi connectivity index (χ0v) is 20.3. The summed E-state index contributed by atoms with van der Waals surface area (Å²) < 4.78 is 8.70. The normalized spacial score (nSPS) is 14.3. The summed E-state index contributed by atoms with van der Waals surface area (Å²) in [7, 11) is 0. The summed E-state index contributed by atoms with van der Waals surface area (Å²) in [5.74, 6) is 0.338. The number of aryl methyl sites for hydroxylation is 1. The first-order valence-electron chi connectivity index (χ1n) is 11.7. The molecule has 1 aromatic carbocycles. The van der Waals surface area contributed by atoms with E-state index in [1.807, 2.05) is 49.9 Å². The zero-order valence-electron chi connectivity index (χ0n) is 20.3. The number of carbonyl (C=O) groups excluding carboxylic acids is 1.